The highest BCUT2D eigenvalue weighted by molar-refractivity contribution is 5.57. The minimum Gasteiger partial charge on any atom is -0.466 e. The van der Waals surface area contributed by atoms with E-state index in [2.05, 4.69) is 29.0 Å². The fourth-order valence-corrected chi connectivity index (χ4v) is 1.51. The molecule has 0 radical (unpaired) electrons. The van der Waals surface area contributed by atoms with Gasteiger partial charge in [-0.05, 0) is 19.9 Å². The van der Waals surface area contributed by atoms with Crippen molar-refractivity contribution >= 4 is 0 Å². The summed E-state index contributed by atoms with van der Waals surface area (Å²) in [7, 11) is 0. The summed E-state index contributed by atoms with van der Waals surface area (Å²) in [6.45, 7) is 8.01. The minimum atomic E-state index is 0.361. The summed E-state index contributed by atoms with van der Waals surface area (Å²) in [5, 5.41) is 7.12. The number of furan rings is 1. The molecule has 2 heterocycles. The van der Waals surface area contributed by atoms with Gasteiger partial charge in [0.1, 0.15) is 17.3 Å². The van der Waals surface area contributed by atoms with E-state index in [1.807, 2.05) is 19.9 Å². The van der Waals surface area contributed by atoms with E-state index in [1.165, 1.54) is 0 Å². The van der Waals surface area contributed by atoms with Gasteiger partial charge in [0.25, 0.3) is 0 Å². The third-order valence-electron chi connectivity index (χ3n) is 2.33. The SMILES string of the molecule is Cc1cc(-c2n[nH]c(C(C)C)n2)c(C)o1. The van der Waals surface area contributed by atoms with Crippen LogP contribution in [0.2, 0.25) is 0 Å². The first-order valence-corrected chi connectivity index (χ1v) is 5.07. The number of H-pyrrole nitrogens is 1. The summed E-state index contributed by atoms with van der Waals surface area (Å²) in [6, 6.07) is 1.96. The van der Waals surface area contributed by atoms with Crippen LogP contribution in [0.3, 0.4) is 0 Å². The molecule has 0 aliphatic heterocycles. The van der Waals surface area contributed by atoms with Crippen LogP contribution in [-0.4, -0.2) is 15.2 Å². The van der Waals surface area contributed by atoms with Crippen molar-refractivity contribution in [3.8, 4) is 11.4 Å². The second-order valence-electron chi connectivity index (χ2n) is 4.03. The average Bonchev–Trinajstić information content (AvgIpc) is 2.71. The van der Waals surface area contributed by atoms with Gasteiger partial charge >= 0.3 is 0 Å². The molecule has 0 aliphatic carbocycles. The van der Waals surface area contributed by atoms with E-state index in [9.17, 15) is 0 Å². The fraction of sp³-hybridized carbons (Fsp3) is 0.455. The van der Waals surface area contributed by atoms with Gasteiger partial charge in [-0.3, -0.25) is 5.10 Å². The van der Waals surface area contributed by atoms with Gasteiger partial charge in [-0.15, -0.1) is 0 Å². The first-order chi connectivity index (χ1) is 7.08. The van der Waals surface area contributed by atoms with Gasteiger partial charge < -0.3 is 4.42 Å². The monoisotopic (exact) mass is 205 g/mol. The molecule has 0 aromatic carbocycles. The van der Waals surface area contributed by atoms with Gasteiger partial charge in [0.15, 0.2) is 5.82 Å². The van der Waals surface area contributed by atoms with Gasteiger partial charge in [0.2, 0.25) is 0 Å². The lowest BCUT2D eigenvalue weighted by Crippen LogP contribution is -1.89. The van der Waals surface area contributed by atoms with E-state index in [0.717, 1.165) is 22.9 Å². The van der Waals surface area contributed by atoms with Crippen LogP contribution in [0.1, 0.15) is 37.1 Å². The van der Waals surface area contributed by atoms with Gasteiger partial charge in [0.05, 0.1) is 5.56 Å². The maximum Gasteiger partial charge on any atom is 0.184 e. The standard InChI is InChI=1S/C11H15N3O/c1-6(2)10-12-11(14-13-10)9-5-7(3)15-8(9)4/h5-6H,1-4H3,(H,12,13,14). The Labute approximate surface area is 88.7 Å². The summed E-state index contributed by atoms with van der Waals surface area (Å²) >= 11 is 0. The van der Waals surface area contributed by atoms with Crippen LogP contribution >= 0.6 is 0 Å². The fourth-order valence-electron chi connectivity index (χ4n) is 1.51. The third kappa shape index (κ3) is 1.79. The molecule has 0 unspecified atom stereocenters. The molecule has 2 rings (SSSR count). The molecule has 0 saturated heterocycles. The number of nitrogens with zero attached hydrogens (tertiary/aromatic N) is 2. The number of aryl methyl sites for hydroxylation is 2. The largest absolute Gasteiger partial charge is 0.466 e. The molecule has 80 valence electrons. The van der Waals surface area contributed by atoms with E-state index < -0.39 is 0 Å². The summed E-state index contributed by atoms with van der Waals surface area (Å²) in [5.74, 6) is 3.73. The van der Waals surface area contributed by atoms with Crippen molar-refractivity contribution in [2.24, 2.45) is 0 Å². The molecule has 0 saturated carbocycles. The minimum absolute atomic E-state index is 0.361. The van der Waals surface area contributed by atoms with Crippen LogP contribution in [-0.2, 0) is 0 Å². The molecule has 0 aliphatic rings. The van der Waals surface area contributed by atoms with E-state index in [1.54, 1.807) is 0 Å². The summed E-state index contributed by atoms with van der Waals surface area (Å²) in [6.07, 6.45) is 0. The van der Waals surface area contributed by atoms with Crippen molar-refractivity contribution in [1.29, 1.82) is 0 Å². The van der Waals surface area contributed by atoms with E-state index in [0.29, 0.717) is 11.7 Å². The lowest BCUT2D eigenvalue weighted by Gasteiger charge is -1.95. The Bertz CT molecular complexity index is 468. The lowest BCUT2D eigenvalue weighted by molar-refractivity contribution is 0.505. The number of hydrogen-bond acceptors (Lipinski definition) is 3. The molecule has 0 amide bonds. The van der Waals surface area contributed by atoms with Gasteiger partial charge in [0, 0.05) is 5.92 Å². The van der Waals surface area contributed by atoms with Crippen molar-refractivity contribution in [1.82, 2.24) is 15.2 Å². The lowest BCUT2D eigenvalue weighted by atomic mass is 10.2. The number of aromatic amines is 1. The molecule has 2 aromatic heterocycles. The molecule has 1 N–H and O–H groups in total. The second kappa shape index (κ2) is 3.53. The Balaban J connectivity index is 2.41. The molecule has 15 heavy (non-hydrogen) atoms. The van der Waals surface area contributed by atoms with Crippen LogP contribution in [0.5, 0.6) is 0 Å². The maximum atomic E-state index is 5.44. The van der Waals surface area contributed by atoms with E-state index in [4.69, 9.17) is 4.42 Å². The summed E-state index contributed by atoms with van der Waals surface area (Å²) in [5.41, 5.74) is 0.968. The van der Waals surface area contributed by atoms with Crippen LogP contribution in [0.15, 0.2) is 10.5 Å². The number of hydrogen-bond donors (Lipinski definition) is 1. The molecular formula is C11H15N3O. The highest BCUT2D eigenvalue weighted by atomic mass is 16.3. The Kier molecular flexibility index (Phi) is 2.34. The maximum absolute atomic E-state index is 5.44. The van der Waals surface area contributed by atoms with Crippen LogP contribution in [0.4, 0.5) is 0 Å². The molecule has 0 bridgehead atoms. The highest BCUT2D eigenvalue weighted by Crippen LogP contribution is 2.24. The quantitative estimate of drug-likeness (QED) is 0.820. The van der Waals surface area contributed by atoms with Crippen molar-refractivity contribution in [2.75, 3.05) is 0 Å². The Morgan fingerprint density at radius 1 is 1.33 bits per heavy atom. The molecule has 0 atom stereocenters. The number of rotatable bonds is 2. The van der Waals surface area contributed by atoms with E-state index in [-0.39, 0.29) is 0 Å². The average molecular weight is 205 g/mol. The van der Waals surface area contributed by atoms with Crippen molar-refractivity contribution < 1.29 is 4.42 Å². The normalized spacial score (nSPS) is 11.3. The zero-order valence-electron chi connectivity index (χ0n) is 9.46. The van der Waals surface area contributed by atoms with Gasteiger partial charge in [-0.1, -0.05) is 13.8 Å². The zero-order valence-corrected chi connectivity index (χ0v) is 9.46. The molecule has 4 heteroatoms. The van der Waals surface area contributed by atoms with Crippen LogP contribution in [0.25, 0.3) is 11.4 Å². The second-order valence-corrected chi connectivity index (χ2v) is 4.03. The summed E-state index contributed by atoms with van der Waals surface area (Å²) in [4.78, 5) is 4.43. The number of nitrogens with one attached hydrogen (secondary N) is 1. The van der Waals surface area contributed by atoms with E-state index >= 15 is 0 Å². The predicted octanol–water partition coefficient (Wildman–Crippen LogP) is 2.80. The molecule has 0 spiro atoms. The van der Waals surface area contributed by atoms with Gasteiger partial charge in [-0.25, -0.2) is 4.98 Å². The zero-order chi connectivity index (χ0) is 11.0. The van der Waals surface area contributed by atoms with Gasteiger partial charge in [-0.2, -0.15) is 5.10 Å². The number of aromatic nitrogens is 3. The van der Waals surface area contributed by atoms with Crippen molar-refractivity contribution in [3.05, 3.63) is 23.4 Å². The Morgan fingerprint density at radius 2 is 2.07 bits per heavy atom. The summed E-state index contributed by atoms with van der Waals surface area (Å²) < 4.78 is 5.44. The third-order valence-corrected chi connectivity index (χ3v) is 2.33. The predicted molar refractivity (Wildman–Crippen MR) is 57.6 cm³/mol. The van der Waals surface area contributed by atoms with Crippen molar-refractivity contribution in [2.45, 2.75) is 33.6 Å². The molecule has 0 fully saturated rings. The highest BCUT2D eigenvalue weighted by Gasteiger charge is 2.13. The Hall–Kier alpha value is -1.58. The molecule has 2 aromatic rings. The van der Waals surface area contributed by atoms with Crippen LogP contribution in [0, 0.1) is 13.8 Å². The Morgan fingerprint density at radius 3 is 2.53 bits per heavy atom. The van der Waals surface area contributed by atoms with Crippen molar-refractivity contribution in [3.63, 3.8) is 0 Å². The first kappa shape index (κ1) is 9.96. The first-order valence-electron chi connectivity index (χ1n) is 5.07. The molecular weight excluding hydrogens is 190 g/mol. The smallest absolute Gasteiger partial charge is 0.184 e. The molecule has 4 nitrogen and oxygen atoms in total. The topological polar surface area (TPSA) is 54.7 Å². The van der Waals surface area contributed by atoms with Crippen LogP contribution < -0.4 is 0 Å².